The second-order valence-corrected chi connectivity index (χ2v) is 8.40. The van der Waals surface area contributed by atoms with Crippen molar-refractivity contribution in [2.75, 3.05) is 6.61 Å². The van der Waals surface area contributed by atoms with Crippen molar-refractivity contribution >= 4 is 39.5 Å². The number of halogens is 1. The van der Waals surface area contributed by atoms with E-state index in [1.54, 1.807) is 6.20 Å². The van der Waals surface area contributed by atoms with Crippen molar-refractivity contribution in [3.63, 3.8) is 0 Å². The molecule has 1 aromatic heterocycles. The van der Waals surface area contributed by atoms with E-state index in [0.29, 0.717) is 0 Å². The summed E-state index contributed by atoms with van der Waals surface area (Å²) in [7, 11) is 0. The monoisotopic (exact) mass is 472 g/mol. The van der Waals surface area contributed by atoms with Crippen LogP contribution < -0.4 is 5.32 Å². The van der Waals surface area contributed by atoms with Crippen LogP contribution in [0, 0.1) is 0 Å². The van der Waals surface area contributed by atoms with Gasteiger partial charge in [-0.1, -0.05) is 48.5 Å². The molecule has 4 rings (SSSR count). The van der Waals surface area contributed by atoms with E-state index >= 15 is 0 Å². The number of aromatic nitrogens is 1. The van der Waals surface area contributed by atoms with Crippen molar-refractivity contribution in [1.82, 2.24) is 9.69 Å². The minimum absolute atomic E-state index is 0.0768. The summed E-state index contributed by atoms with van der Waals surface area (Å²) in [5.41, 5.74) is 4.47. The summed E-state index contributed by atoms with van der Waals surface area (Å²) in [4.78, 5) is 24.6. The molecule has 29 heavy (non-hydrogen) atoms. The number of nitrogens with one attached hydrogen (secondary N) is 1. The lowest BCUT2D eigenvalue weighted by Gasteiger charge is -2.17. The van der Waals surface area contributed by atoms with Crippen LogP contribution in [0.25, 0.3) is 11.1 Å². The van der Waals surface area contributed by atoms with E-state index < -0.39 is 18.1 Å². The lowest BCUT2D eigenvalue weighted by atomic mass is 9.98. The Balaban J connectivity index is 1.44. The van der Waals surface area contributed by atoms with Crippen molar-refractivity contribution in [2.45, 2.75) is 18.4 Å². The summed E-state index contributed by atoms with van der Waals surface area (Å²) in [5.74, 6) is -1.20. The fourth-order valence-electron chi connectivity index (χ4n) is 3.55. The fourth-order valence-corrected chi connectivity index (χ4v) is 4.84. The molecule has 0 bridgehead atoms. The van der Waals surface area contributed by atoms with Gasteiger partial charge in [-0.2, -0.15) is 4.37 Å². The molecule has 3 aromatic rings. The first-order valence-corrected chi connectivity index (χ1v) is 10.5. The number of hydrogen-bond donors (Lipinski definition) is 2. The quantitative estimate of drug-likeness (QED) is 0.553. The molecular formula is C21H17BrN2O4S. The van der Waals surface area contributed by atoms with E-state index in [9.17, 15) is 14.7 Å². The number of amides is 1. The maximum Gasteiger partial charge on any atom is 0.407 e. The maximum absolute atomic E-state index is 12.3. The van der Waals surface area contributed by atoms with E-state index in [2.05, 4.69) is 37.8 Å². The number of nitrogens with zero attached hydrogens (tertiary/aromatic N) is 1. The van der Waals surface area contributed by atoms with E-state index in [1.807, 2.05) is 36.4 Å². The number of carboxylic acids is 1. The van der Waals surface area contributed by atoms with Gasteiger partial charge in [-0.25, -0.2) is 9.59 Å². The first-order valence-electron chi connectivity index (χ1n) is 8.98. The Kier molecular flexibility index (Phi) is 5.64. The lowest BCUT2D eigenvalue weighted by Crippen LogP contribution is -2.42. The smallest absolute Gasteiger partial charge is 0.407 e. The molecule has 1 aliphatic carbocycles. The third-order valence-corrected chi connectivity index (χ3v) is 6.68. The number of ether oxygens (including phenoxy) is 1. The van der Waals surface area contributed by atoms with Gasteiger partial charge in [-0.3, -0.25) is 0 Å². The number of carbonyl (C=O) groups is 2. The molecule has 1 atom stereocenters. The van der Waals surface area contributed by atoms with Gasteiger partial charge in [-0.15, -0.1) is 0 Å². The van der Waals surface area contributed by atoms with Crippen LogP contribution in [-0.4, -0.2) is 34.2 Å². The molecule has 8 heteroatoms. The minimum atomic E-state index is -1.13. The molecular weight excluding hydrogens is 456 g/mol. The van der Waals surface area contributed by atoms with Gasteiger partial charge in [0.2, 0.25) is 0 Å². The molecule has 2 aromatic carbocycles. The predicted molar refractivity (Wildman–Crippen MR) is 113 cm³/mol. The number of carbonyl (C=O) groups excluding carboxylic acids is 1. The highest BCUT2D eigenvalue weighted by Gasteiger charge is 2.30. The molecule has 1 aliphatic rings. The highest BCUT2D eigenvalue weighted by Crippen LogP contribution is 2.44. The third kappa shape index (κ3) is 4.04. The van der Waals surface area contributed by atoms with Crippen LogP contribution in [0.5, 0.6) is 0 Å². The van der Waals surface area contributed by atoms with Gasteiger partial charge in [0.1, 0.15) is 12.6 Å². The average molecular weight is 473 g/mol. The van der Waals surface area contributed by atoms with Crippen LogP contribution in [0.1, 0.15) is 21.9 Å². The Morgan fingerprint density at radius 2 is 1.76 bits per heavy atom. The van der Waals surface area contributed by atoms with Crippen molar-refractivity contribution in [2.24, 2.45) is 0 Å². The molecule has 2 N–H and O–H groups in total. The van der Waals surface area contributed by atoms with E-state index in [4.69, 9.17) is 4.74 Å². The summed E-state index contributed by atoms with van der Waals surface area (Å²) in [6, 6.07) is 15.0. The van der Waals surface area contributed by atoms with Crippen LogP contribution in [-0.2, 0) is 16.0 Å². The molecule has 0 fully saturated rings. The van der Waals surface area contributed by atoms with Crippen molar-refractivity contribution in [3.8, 4) is 11.1 Å². The van der Waals surface area contributed by atoms with Crippen LogP contribution >= 0.6 is 27.5 Å². The second-order valence-electron chi connectivity index (χ2n) is 6.66. The highest BCUT2D eigenvalue weighted by molar-refractivity contribution is 9.10. The maximum atomic E-state index is 12.3. The molecule has 0 saturated carbocycles. The normalized spacial score (nSPS) is 13.4. The van der Waals surface area contributed by atoms with Gasteiger partial charge in [-0.05, 0) is 49.7 Å². The van der Waals surface area contributed by atoms with Crippen molar-refractivity contribution < 1.29 is 19.4 Å². The number of fused-ring (bicyclic) bond motifs is 3. The Labute approximate surface area is 179 Å². The van der Waals surface area contributed by atoms with Gasteiger partial charge in [0.15, 0.2) is 0 Å². The number of carboxylic acid groups (broad SMARTS) is 1. The van der Waals surface area contributed by atoms with Gasteiger partial charge in [0.25, 0.3) is 0 Å². The zero-order valence-electron chi connectivity index (χ0n) is 15.2. The average Bonchev–Trinajstić information content (AvgIpc) is 3.27. The molecule has 0 aliphatic heterocycles. The molecule has 0 radical (unpaired) electrons. The van der Waals surface area contributed by atoms with Crippen molar-refractivity contribution in [1.29, 1.82) is 0 Å². The van der Waals surface area contributed by atoms with E-state index in [1.165, 1.54) is 11.5 Å². The third-order valence-electron chi connectivity index (χ3n) is 4.92. The Bertz CT molecular complexity index is 1020. The van der Waals surface area contributed by atoms with Gasteiger partial charge in [0, 0.05) is 17.2 Å². The number of hydrogen-bond acceptors (Lipinski definition) is 5. The minimum Gasteiger partial charge on any atom is -0.480 e. The van der Waals surface area contributed by atoms with Gasteiger partial charge in [0.05, 0.1) is 10.7 Å². The zero-order valence-corrected chi connectivity index (χ0v) is 17.6. The molecule has 1 amide bonds. The first-order chi connectivity index (χ1) is 14.0. The van der Waals surface area contributed by atoms with E-state index in [-0.39, 0.29) is 18.9 Å². The number of aliphatic carboxylic acids is 1. The molecule has 0 saturated heterocycles. The Morgan fingerprint density at radius 3 is 2.31 bits per heavy atom. The summed E-state index contributed by atoms with van der Waals surface area (Å²) in [6.07, 6.45) is 0.983. The first kappa shape index (κ1) is 19.6. The van der Waals surface area contributed by atoms with Crippen LogP contribution in [0.15, 0.2) is 59.2 Å². The molecule has 0 spiro atoms. The summed E-state index contributed by atoms with van der Waals surface area (Å²) in [5, 5.41) is 11.9. The number of alkyl carbamates (subject to hydrolysis) is 1. The zero-order chi connectivity index (χ0) is 20.4. The number of benzene rings is 2. The van der Waals surface area contributed by atoms with Gasteiger partial charge >= 0.3 is 12.1 Å². The molecule has 6 nitrogen and oxygen atoms in total. The van der Waals surface area contributed by atoms with Crippen LogP contribution in [0.2, 0.25) is 0 Å². The molecule has 1 heterocycles. The predicted octanol–water partition coefficient (Wildman–Crippen LogP) is 4.44. The summed E-state index contributed by atoms with van der Waals surface area (Å²) < 4.78 is 10.2. The van der Waals surface area contributed by atoms with Crippen LogP contribution in [0.4, 0.5) is 4.79 Å². The SMILES string of the molecule is O=C(NC(Cc1sncc1Br)C(=O)O)OCC1c2ccccc2-c2ccccc21. The second kappa shape index (κ2) is 8.34. The fraction of sp³-hybridized carbons (Fsp3) is 0.190. The van der Waals surface area contributed by atoms with Gasteiger partial charge < -0.3 is 15.2 Å². The van der Waals surface area contributed by atoms with E-state index in [0.717, 1.165) is 31.6 Å². The lowest BCUT2D eigenvalue weighted by molar-refractivity contribution is -0.139. The van der Waals surface area contributed by atoms with Crippen molar-refractivity contribution in [3.05, 3.63) is 75.2 Å². The standard InChI is InChI=1S/C21H17BrN2O4S/c22-17-10-23-29-19(17)9-18(20(25)26)24-21(27)28-11-16-14-7-3-1-5-12(14)13-6-2-4-8-15(13)16/h1-8,10,16,18H,9,11H2,(H,24,27)(H,25,26). The molecule has 1 unspecified atom stereocenters. The largest absolute Gasteiger partial charge is 0.480 e. The summed E-state index contributed by atoms with van der Waals surface area (Å²) in [6.45, 7) is 0.135. The Hall–Kier alpha value is -2.71. The Morgan fingerprint density at radius 1 is 1.14 bits per heavy atom. The van der Waals surface area contributed by atoms with Crippen LogP contribution in [0.3, 0.4) is 0 Å². The highest BCUT2D eigenvalue weighted by atomic mass is 79.9. The number of rotatable bonds is 6. The summed E-state index contributed by atoms with van der Waals surface area (Å²) >= 11 is 4.52. The molecule has 148 valence electrons. The topological polar surface area (TPSA) is 88.5 Å².